The van der Waals surface area contributed by atoms with E-state index in [1.807, 2.05) is 24.4 Å². The lowest BCUT2D eigenvalue weighted by molar-refractivity contribution is 0.105. The molecule has 1 unspecified atom stereocenters. The lowest BCUT2D eigenvalue weighted by atomic mass is 10.1. The van der Waals surface area contributed by atoms with Crippen LogP contribution < -0.4 is 4.74 Å². The van der Waals surface area contributed by atoms with Gasteiger partial charge in [-0.15, -0.1) is 0 Å². The zero-order valence-corrected chi connectivity index (χ0v) is 11.8. The van der Waals surface area contributed by atoms with Crippen LogP contribution in [0.5, 0.6) is 5.75 Å². The summed E-state index contributed by atoms with van der Waals surface area (Å²) in [7, 11) is 0. The molecule has 1 atom stereocenters. The maximum absolute atomic E-state index is 13.6. The summed E-state index contributed by atoms with van der Waals surface area (Å²) in [5.41, 5.74) is 1.08. The molecule has 3 aromatic rings. The average Bonchev–Trinajstić information content (AvgIpc) is 3.08. The second kappa shape index (κ2) is 6.41. The quantitative estimate of drug-likeness (QED) is 0.787. The Balaban J connectivity index is 1.69. The molecule has 0 amide bonds. The average molecular weight is 298 g/mol. The van der Waals surface area contributed by atoms with E-state index in [1.54, 1.807) is 41.2 Å². The van der Waals surface area contributed by atoms with E-state index >= 15 is 0 Å². The van der Waals surface area contributed by atoms with Crippen LogP contribution in [0, 0.1) is 5.82 Å². The first-order chi connectivity index (χ1) is 10.7. The highest BCUT2D eigenvalue weighted by atomic mass is 19.1. The Kier molecular flexibility index (Phi) is 4.16. The molecule has 1 aromatic heterocycles. The van der Waals surface area contributed by atoms with Crippen LogP contribution in [0.1, 0.15) is 11.7 Å². The highest BCUT2D eigenvalue weighted by Gasteiger charge is 2.13. The van der Waals surface area contributed by atoms with Gasteiger partial charge in [0.05, 0.1) is 5.69 Å². The van der Waals surface area contributed by atoms with Crippen LogP contribution in [-0.4, -0.2) is 21.5 Å². The van der Waals surface area contributed by atoms with Crippen LogP contribution in [0.25, 0.3) is 5.69 Å². The predicted molar refractivity (Wildman–Crippen MR) is 80.4 cm³/mol. The summed E-state index contributed by atoms with van der Waals surface area (Å²) in [5.74, 6) is 0.146. The third kappa shape index (κ3) is 3.15. The van der Waals surface area contributed by atoms with Gasteiger partial charge in [0.15, 0.2) is 0 Å². The standard InChI is InChI=1S/C17H15FN2O2/c18-16-8-2-1-7-15(16)17(21)12-22-14-6-3-5-13(11-14)20-10-4-9-19-20/h1-11,17,21H,12H2. The maximum atomic E-state index is 13.6. The Morgan fingerprint density at radius 1 is 1.14 bits per heavy atom. The fourth-order valence-electron chi connectivity index (χ4n) is 2.15. The molecule has 0 spiro atoms. The summed E-state index contributed by atoms with van der Waals surface area (Å²) in [6, 6.07) is 15.3. The number of aliphatic hydroxyl groups excluding tert-OH is 1. The lowest BCUT2D eigenvalue weighted by Crippen LogP contribution is -2.11. The number of nitrogens with zero attached hydrogens (tertiary/aromatic N) is 2. The summed E-state index contributed by atoms with van der Waals surface area (Å²) in [6.07, 6.45) is 2.50. The number of aromatic nitrogens is 2. The first-order valence-electron chi connectivity index (χ1n) is 6.89. The van der Waals surface area contributed by atoms with Crippen LogP contribution in [0.15, 0.2) is 67.0 Å². The van der Waals surface area contributed by atoms with Gasteiger partial charge in [0.2, 0.25) is 0 Å². The van der Waals surface area contributed by atoms with E-state index in [0.29, 0.717) is 5.75 Å². The molecular formula is C17H15FN2O2. The van der Waals surface area contributed by atoms with Crippen LogP contribution in [-0.2, 0) is 0 Å². The van der Waals surface area contributed by atoms with Crippen molar-refractivity contribution in [2.24, 2.45) is 0 Å². The predicted octanol–water partition coefficient (Wildman–Crippen LogP) is 3.12. The number of benzene rings is 2. The molecule has 2 aromatic carbocycles. The van der Waals surface area contributed by atoms with Gasteiger partial charge in [0, 0.05) is 24.0 Å². The Morgan fingerprint density at radius 3 is 2.77 bits per heavy atom. The fraction of sp³-hybridized carbons (Fsp3) is 0.118. The number of rotatable bonds is 5. The topological polar surface area (TPSA) is 47.3 Å². The highest BCUT2D eigenvalue weighted by molar-refractivity contribution is 5.38. The van der Waals surface area contributed by atoms with Crippen molar-refractivity contribution in [3.8, 4) is 11.4 Å². The molecule has 112 valence electrons. The molecule has 0 radical (unpaired) electrons. The molecule has 0 aliphatic carbocycles. The highest BCUT2D eigenvalue weighted by Crippen LogP contribution is 2.20. The van der Waals surface area contributed by atoms with Gasteiger partial charge in [-0.3, -0.25) is 0 Å². The summed E-state index contributed by atoms with van der Waals surface area (Å²) >= 11 is 0. The van der Waals surface area contributed by atoms with Crippen LogP contribution >= 0.6 is 0 Å². The Bertz CT molecular complexity index is 744. The number of hydrogen-bond acceptors (Lipinski definition) is 3. The van der Waals surface area contributed by atoms with Crippen molar-refractivity contribution in [1.29, 1.82) is 0 Å². The van der Waals surface area contributed by atoms with Crippen molar-refractivity contribution in [1.82, 2.24) is 9.78 Å². The first-order valence-corrected chi connectivity index (χ1v) is 6.89. The van der Waals surface area contributed by atoms with Crippen molar-refractivity contribution in [2.45, 2.75) is 6.10 Å². The Labute approximate surface area is 127 Å². The van der Waals surface area contributed by atoms with Crippen LogP contribution in [0.3, 0.4) is 0 Å². The van der Waals surface area contributed by atoms with Crippen molar-refractivity contribution in [3.63, 3.8) is 0 Å². The monoisotopic (exact) mass is 298 g/mol. The van der Waals surface area contributed by atoms with Crippen molar-refractivity contribution < 1.29 is 14.2 Å². The minimum Gasteiger partial charge on any atom is -0.490 e. The molecule has 0 aliphatic rings. The maximum Gasteiger partial charge on any atom is 0.129 e. The number of hydrogen-bond donors (Lipinski definition) is 1. The van der Waals surface area contributed by atoms with Gasteiger partial charge in [-0.2, -0.15) is 5.10 Å². The van der Waals surface area contributed by atoms with Gasteiger partial charge in [0.25, 0.3) is 0 Å². The van der Waals surface area contributed by atoms with E-state index in [0.717, 1.165) is 5.69 Å². The molecule has 4 nitrogen and oxygen atoms in total. The Hall–Kier alpha value is -2.66. The first kappa shape index (κ1) is 14.3. The van der Waals surface area contributed by atoms with Gasteiger partial charge in [0.1, 0.15) is 24.3 Å². The molecular weight excluding hydrogens is 283 g/mol. The molecule has 0 aliphatic heterocycles. The van der Waals surface area contributed by atoms with E-state index in [2.05, 4.69) is 5.10 Å². The van der Waals surface area contributed by atoms with Crippen molar-refractivity contribution >= 4 is 0 Å². The van der Waals surface area contributed by atoms with Gasteiger partial charge >= 0.3 is 0 Å². The van der Waals surface area contributed by atoms with E-state index < -0.39 is 11.9 Å². The van der Waals surface area contributed by atoms with Gasteiger partial charge < -0.3 is 9.84 Å². The molecule has 3 rings (SSSR count). The van der Waals surface area contributed by atoms with Crippen molar-refractivity contribution in [2.75, 3.05) is 6.61 Å². The summed E-state index contributed by atoms with van der Waals surface area (Å²) in [5, 5.41) is 14.2. The molecule has 0 bridgehead atoms. The van der Waals surface area contributed by atoms with Gasteiger partial charge in [-0.25, -0.2) is 9.07 Å². The molecule has 1 N–H and O–H groups in total. The lowest BCUT2D eigenvalue weighted by Gasteiger charge is -2.14. The van der Waals surface area contributed by atoms with E-state index in [-0.39, 0.29) is 12.2 Å². The molecule has 22 heavy (non-hydrogen) atoms. The van der Waals surface area contributed by atoms with Gasteiger partial charge in [-0.1, -0.05) is 24.3 Å². The van der Waals surface area contributed by atoms with E-state index in [4.69, 9.17) is 4.74 Å². The largest absolute Gasteiger partial charge is 0.490 e. The zero-order valence-electron chi connectivity index (χ0n) is 11.8. The summed E-state index contributed by atoms with van der Waals surface area (Å²) in [6.45, 7) is -0.0243. The molecule has 0 saturated heterocycles. The molecule has 5 heteroatoms. The summed E-state index contributed by atoms with van der Waals surface area (Å²) < 4.78 is 20.9. The second-order valence-electron chi connectivity index (χ2n) is 4.80. The van der Waals surface area contributed by atoms with Crippen molar-refractivity contribution in [3.05, 3.63) is 78.4 Å². The van der Waals surface area contributed by atoms with Crippen LogP contribution in [0.2, 0.25) is 0 Å². The Morgan fingerprint density at radius 2 is 2.00 bits per heavy atom. The summed E-state index contributed by atoms with van der Waals surface area (Å²) in [4.78, 5) is 0. The van der Waals surface area contributed by atoms with E-state index in [1.165, 1.54) is 6.07 Å². The molecule has 0 saturated carbocycles. The SMILES string of the molecule is OC(COc1cccc(-n2cccn2)c1)c1ccccc1F. The van der Waals surface area contributed by atoms with Crippen LogP contribution in [0.4, 0.5) is 4.39 Å². The van der Waals surface area contributed by atoms with E-state index in [9.17, 15) is 9.50 Å². The van der Waals surface area contributed by atoms with Gasteiger partial charge in [-0.05, 0) is 24.3 Å². The fourth-order valence-corrected chi connectivity index (χ4v) is 2.15. The number of aliphatic hydroxyl groups is 1. The third-order valence-electron chi connectivity index (χ3n) is 3.26. The minimum atomic E-state index is -1.02. The normalized spacial score (nSPS) is 12.1. The third-order valence-corrected chi connectivity index (χ3v) is 3.26. The minimum absolute atomic E-state index is 0.0243. The second-order valence-corrected chi connectivity index (χ2v) is 4.80. The number of halogens is 1. The molecule has 0 fully saturated rings. The number of ether oxygens (including phenoxy) is 1. The zero-order chi connectivity index (χ0) is 15.4. The molecule has 1 heterocycles. The smallest absolute Gasteiger partial charge is 0.129 e.